The SMILES string of the molecule is CN(CC(=O)c1cc2ccccc2o1)CC(C)(C)C. The quantitative estimate of drug-likeness (QED) is 0.787. The summed E-state index contributed by atoms with van der Waals surface area (Å²) in [7, 11) is 1.96. The summed E-state index contributed by atoms with van der Waals surface area (Å²) in [4.78, 5) is 14.2. The van der Waals surface area contributed by atoms with E-state index in [-0.39, 0.29) is 11.2 Å². The van der Waals surface area contributed by atoms with E-state index in [2.05, 4.69) is 20.8 Å². The van der Waals surface area contributed by atoms with E-state index >= 15 is 0 Å². The van der Waals surface area contributed by atoms with Gasteiger partial charge >= 0.3 is 0 Å². The number of furan rings is 1. The highest BCUT2D eigenvalue weighted by Gasteiger charge is 2.18. The summed E-state index contributed by atoms with van der Waals surface area (Å²) in [5.74, 6) is 0.477. The molecule has 1 aromatic carbocycles. The molecule has 0 spiro atoms. The van der Waals surface area contributed by atoms with E-state index in [0.717, 1.165) is 17.5 Å². The Kier molecular flexibility index (Phi) is 3.76. The smallest absolute Gasteiger partial charge is 0.211 e. The van der Waals surface area contributed by atoms with Crippen LogP contribution in [0.15, 0.2) is 34.7 Å². The number of nitrogens with zero attached hydrogens (tertiary/aromatic N) is 1. The van der Waals surface area contributed by atoms with Gasteiger partial charge in [0.2, 0.25) is 5.78 Å². The van der Waals surface area contributed by atoms with Gasteiger partial charge in [0.15, 0.2) is 5.76 Å². The van der Waals surface area contributed by atoms with Crippen molar-refractivity contribution in [2.75, 3.05) is 20.1 Å². The second-order valence-electron chi connectivity index (χ2n) is 6.30. The van der Waals surface area contributed by atoms with Crippen molar-refractivity contribution in [3.63, 3.8) is 0 Å². The van der Waals surface area contributed by atoms with E-state index in [1.54, 1.807) is 0 Å². The number of Topliss-reactive ketones (excluding diaryl/α,β-unsaturated/α-hetero) is 1. The van der Waals surface area contributed by atoms with Crippen LogP contribution >= 0.6 is 0 Å². The van der Waals surface area contributed by atoms with E-state index in [1.807, 2.05) is 42.3 Å². The molecule has 0 saturated carbocycles. The van der Waals surface area contributed by atoms with Crippen molar-refractivity contribution >= 4 is 16.8 Å². The summed E-state index contributed by atoms with van der Waals surface area (Å²) in [5.41, 5.74) is 0.951. The standard InChI is InChI=1S/C16H21NO2/c1-16(2,3)11-17(4)10-13(18)15-9-12-7-5-6-8-14(12)19-15/h5-9H,10-11H2,1-4H3. The molecule has 1 aromatic heterocycles. The van der Waals surface area contributed by atoms with Gasteiger partial charge in [-0.2, -0.15) is 0 Å². The second kappa shape index (κ2) is 5.17. The lowest BCUT2D eigenvalue weighted by atomic mass is 9.96. The maximum absolute atomic E-state index is 12.2. The van der Waals surface area contributed by atoms with Gasteiger partial charge in [0, 0.05) is 11.9 Å². The van der Waals surface area contributed by atoms with Crippen LogP contribution in [0.2, 0.25) is 0 Å². The minimum Gasteiger partial charge on any atom is -0.453 e. The van der Waals surface area contributed by atoms with E-state index in [9.17, 15) is 4.79 Å². The number of benzene rings is 1. The zero-order valence-electron chi connectivity index (χ0n) is 12.1. The van der Waals surface area contributed by atoms with Gasteiger partial charge in [0.05, 0.1) is 6.54 Å². The number of carbonyl (C=O) groups is 1. The van der Waals surface area contributed by atoms with Crippen LogP contribution in [0.3, 0.4) is 0 Å². The zero-order chi connectivity index (χ0) is 14.0. The Bertz CT molecular complexity index is 545. The van der Waals surface area contributed by atoms with Gasteiger partial charge in [-0.05, 0) is 24.6 Å². The molecule has 0 aliphatic heterocycles. The lowest BCUT2D eigenvalue weighted by Crippen LogP contribution is -2.33. The highest BCUT2D eigenvalue weighted by Crippen LogP contribution is 2.20. The molecule has 0 radical (unpaired) electrons. The number of ketones is 1. The van der Waals surface area contributed by atoms with Crippen LogP contribution in [-0.4, -0.2) is 30.8 Å². The van der Waals surface area contributed by atoms with Gasteiger partial charge in [0.25, 0.3) is 0 Å². The molecular weight excluding hydrogens is 238 g/mol. The highest BCUT2D eigenvalue weighted by atomic mass is 16.3. The molecule has 1 heterocycles. The summed E-state index contributed by atoms with van der Waals surface area (Å²) in [6, 6.07) is 9.51. The molecular formula is C16H21NO2. The number of rotatable bonds is 4. The number of likely N-dealkylation sites (N-methyl/N-ethyl adjacent to an activating group) is 1. The topological polar surface area (TPSA) is 33.5 Å². The second-order valence-corrected chi connectivity index (χ2v) is 6.30. The molecule has 0 bridgehead atoms. The Hall–Kier alpha value is -1.61. The predicted molar refractivity (Wildman–Crippen MR) is 77.5 cm³/mol. The van der Waals surface area contributed by atoms with Crippen LogP contribution in [-0.2, 0) is 0 Å². The Morgan fingerprint density at radius 2 is 1.95 bits per heavy atom. The average Bonchev–Trinajstić information content (AvgIpc) is 2.69. The fourth-order valence-corrected chi connectivity index (χ4v) is 2.31. The monoisotopic (exact) mass is 259 g/mol. The number of carbonyl (C=O) groups excluding carboxylic acids is 1. The number of fused-ring (bicyclic) bond motifs is 1. The fourth-order valence-electron chi connectivity index (χ4n) is 2.31. The van der Waals surface area contributed by atoms with Crippen LogP contribution < -0.4 is 0 Å². The zero-order valence-corrected chi connectivity index (χ0v) is 12.1. The van der Waals surface area contributed by atoms with E-state index < -0.39 is 0 Å². The molecule has 19 heavy (non-hydrogen) atoms. The number of para-hydroxylation sites is 1. The third kappa shape index (κ3) is 3.67. The predicted octanol–water partition coefficient (Wildman–Crippen LogP) is 3.59. The maximum atomic E-state index is 12.2. The van der Waals surface area contributed by atoms with E-state index in [1.165, 1.54) is 0 Å². The normalized spacial score (nSPS) is 12.3. The van der Waals surface area contributed by atoms with Gasteiger partial charge in [0.1, 0.15) is 5.58 Å². The van der Waals surface area contributed by atoms with Crippen molar-refractivity contribution in [2.24, 2.45) is 5.41 Å². The Balaban J connectivity index is 2.07. The van der Waals surface area contributed by atoms with Gasteiger partial charge < -0.3 is 4.42 Å². The van der Waals surface area contributed by atoms with Crippen molar-refractivity contribution < 1.29 is 9.21 Å². The van der Waals surface area contributed by atoms with Crippen LogP contribution in [0.4, 0.5) is 0 Å². The molecule has 0 aliphatic rings. The molecule has 0 unspecified atom stereocenters. The Morgan fingerprint density at radius 3 is 2.58 bits per heavy atom. The summed E-state index contributed by atoms with van der Waals surface area (Å²) in [6.45, 7) is 7.75. The van der Waals surface area contributed by atoms with Crippen LogP contribution in [0.25, 0.3) is 11.0 Å². The van der Waals surface area contributed by atoms with Crippen molar-refractivity contribution in [3.8, 4) is 0 Å². The van der Waals surface area contributed by atoms with Crippen LogP contribution in [0.5, 0.6) is 0 Å². The molecule has 0 N–H and O–H groups in total. The Morgan fingerprint density at radius 1 is 1.26 bits per heavy atom. The van der Waals surface area contributed by atoms with Gasteiger partial charge in [-0.25, -0.2) is 0 Å². The first-order valence-electron chi connectivity index (χ1n) is 6.55. The van der Waals surface area contributed by atoms with E-state index in [0.29, 0.717) is 12.3 Å². The Labute approximate surface area is 114 Å². The minimum atomic E-state index is 0.0305. The van der Waals surface area contributed by atoms with Crippen molar-refractivity contribution in [3.05, 3.63) is 36.1 Å². The van der Waals surface area contributed by atoms with Crippen molar-refractivity contribution in [1.29, 1.82) is 0 Å². The highest BCUT2D eigenvalue weighted by molar-refractivity contribution is 5.98. The van der Waals surface area contributed by atoms with Crippen molar-refractivity contribution in [1.82, 2.24) is 4.90 Å². The average molecular weight is 259 g/mol. The molecule has 0 saturated heterocycles. The molecule has 0 aliphatic carbocycles. The first-order valence-corrected chi connectivity index (χ1v) is 6.55. The molecule has 3 nitrogen and oxygen atoms in total. The third-order valence-corrected chi connectivity index (χ3v) is 2.86. The largest absolute Gasteiger partial charge is 0.453 e. The molecule has 0 fully saturated rings. The summed E-state index contributed by atoms with van der Waals surface area (Å²) < 4.78 is 5.58. The van der Waals surface area contributed by atoms with Gasteiger partial charge in [-0.15, -0.1) is 0 Å². The number of hydrogen-bond acceptors (Lipinski definition) is 3. The molecule has 3 heteroatoms. The summed E-state index contributed by atoms with van der Waals surface area (Å²) in [6.07, 6.45) is 0. The number of hydrogen-bond donors (Lipinski definition) is 0. The van der Waals surface area contributed by atoms with Gasteiger partial charge in [-0.1, -0.05) is 39.0 Å². The van der Waals surface area contributed by atoms with Crippen molar-refractivity contribution in [2.45, 2.75) is 20.8 Å². The maximum Gasteiger partial charge on any atom is 0.211 e. The molecule has 2 rings (SSSR count). The minimum absolute atomic E-state index is 0.0305. The van der Waals surface area contributed by atoms with Crippen LogP contribution in [0.1, 0.15) is 31.3 Å². The van der Waals surface area contributed by atoms with E-state index in [4.69, 9.17) is 4.42 Å². The van der Waals surface area contributed by atoms with Crippen LogP contribution in [0, 0.1) is 5.41 Å². The van der Waals surface area contributed by atoms with Gasteiger partial charge in [-0.3, -0.25) is 9.69 Å². The molecule has 102 valence electrons. The first-order chi connectivity index (χ1) is 8.85. The fraction of sp³-hybridized carbons (Fsp3) is 0.438. The third-order valence-electron chi connectivity index (χ3n) is 2.86. The summed E-state index contributed by atoms with van der Waals surface area (Å²) in [5, 5.41) is 0.976. The lowest BCUT2D eigenvalue weighted by molar-refractivity contribution is 0.0901. The molecule has 0 atom stereocenters. The lowest BCUT2D eigenvalue weighted by Gasteiger charge is -2.25. The summed E-state index contributed by atoms with van der Waals surface area (Å²) >= 11 is 0. The molecule has 0 amide bonds. The molecule has 2 aromatic rings. The first kappa shape index (κ1) is 13.8.